The minimum absolute atomic E-state index is 0.0201. The van der Waals surface area contributed by atoms with Crippen molar-refractivity contribution >= 4 is 23.7 Å². The number of esters is 1. The third kappa shape index (κ3) is 8.46. The van der Waals surface area contributed by atoms with E-state index in [9.17, 15) is 19.2 Å². The number of rotatable bonds is 11. The summed E-state index contributed by atoms with van der Waals surface area (Å²) in [6.45, 7) is 18.0. The van der Waals surface area contributed by atoms with E-state index in [0.717, 1.165) is 17.5 Å². The summed E-state index contributed by atoms with van der Waals surface area (Å²) in [5, 5.41) is 6.26. The van der Waals surface area contributed by atoms with Crippen molar-refractivity contribution in [2.24, 2.45) is 11.3 Å². The van der Waals surface area contributed by atoms with E-state index in [0.29, 0.717) is 18.5 Å². The van der Waals surface area contributed by atoms with Crippen LogP contribution in [-0.2, 0) is 29.3 Å². The quantitative estimate of drug-likeness (QED) is 0.295. The molecule has 1 heterocycles. The first-order chi connectivity index (χ1) is 19.9. The lowest BCUT2D eigenvalue weighted by Crippen LogP contribution is -2.61. The number of carbonyl (C=O) groups excluding carboxylic acids is 4. The third-order valence-corrected chi connectivity index (χ3v) is 8.66. The number of hydrogen-bond donors (Lipinski definition) is 2. The van der Waals surface area contributed by atoms with Crippen molar-refractivity contribution in [3.8, 4) is 0 Å². The van der Waals surface area contributed by atoms with Gasteiger partial charge in [0.25, 0.3) is 0 Å². The highest BCUT2D eigenvalue weighted by molar-refractivity contribution is 5.96. The van der Waals surface area contributed by atoms with Gasteiger partial charge in [-0.25, -0.2) is 4.79 Å². The average molecular weight is 599 g/mol. The van der Waals surface area contributed by atoms with E-state index in [1.165, 1.54) is 7.11 Å². The summed E-state index contributed by atoms with van der Waals surface area (Å²) in [5.74, 6) is -1.18. The lowest BCUT2D eigenvalue weighted by Gasteiger charge is -2.40. The van der Waals surface area contributed by atoms with Crippen LogP contribution in [0.3, 0.4) is 0 Å². The molecule has 0 bridgehead atoms. The lowest BCUT2D eigenvalue weighted by molar-refractivity contribution is -0.149. The van der Waals surface area contributed by atoms with Gasteiger partial charge in [0.05, 0.1) is 19.2 Å². The SMILES string of the molecule is CN[C@H](C(=O)N[C@H](C(=O)N(C)[C@H](/C=C(\C)C(=O)N1CCC[C@H]1C(=O)OC)C(C)C)C(C)(C)C)C(C)(C)c1cccc(C)c1. The predicted molar refractivity (Wildman–Crippen MR) is 170 cm³/mol. The molecule has 4 atom stereocenters. The zero-order chi connectivity index (χ0) is 32.9. The largest absolute Gasteiger partial charge is 0.467 e. The Labute approximate surface area is 258 Å². The topological polar surface area (TPSA) is 108 Å². The zero-order valence-corrected chi connectivity index (χ0v) is 28.3. The van der Waals surface area contributed by atoms with Crippen LogP contribution in [0.5, 0.6) is 0 Å². The van der Waals surface area contributed by atoms with Gasteiger partial charge in [0, 0.05) is 24.6 Å². The van der Waals surface area contributed by atoms with E-state index in [1.54, 1.807) is 36.9 Å². The molecule has 1 aliphatic rings. The van der Waals surface area contributed by atoms with E-state index in [4.69, 9.17) is 4.74 Å². The number of hydrogen-bond acceptors (Lipinski definition) is 6. The molecule has 2 N–H and O–H groups in total. The summed E-state index contributed by atoms with van der Waals surface area (Å²) >= 11 is 0. The maximum Gasteiger partial charge on any atom is 0.328 e. The Bertz CT molecular complexity index is 1200. The summed E-state index contributed by atoms with van der Waals surface area (Å²) in [6.07, 6.45) is 3.10. The van der Waals surface area contributed by atoms with Crippen LogP contribution in [0.25, 0.3) is 0 Å². The van der Waals surface area contributed by atoms with Crippen LogP contribution in [0.4, 0.5) is 0 Å². The number of methoxy groups -OCH3 is 1. The van der Waals surface area contributed by atoms with Gasteiger partial charge in [-0.2, -0.15) is 0 Å². The molecule has 3 amide bonds. The van der Waals surface area contributed by atoms with Gasteiger partial charge in [0.1, 0.15) is 12.1 Å². The lowest BCUT2D eigenvalue weighted by atomic mass is 9.76. The Balaban J connectivity index is 2.35. The number of amides is 3. The second-order valence-electron chi connectivity index (χ2n) is 13.8. The number of likely N-dealkylation sites (N-methyl/N-ethyl adjacent to an activating group) is 2. The van der Waals surface area contributed by atoms with E-state index in [-0.39, 0.29) is 23.6 Å². The summed E-state index contributed by atoms with van der Waals surface area (Å²) < 4.78 is 4.91. The van der Waals surface area contributed by atoms with Crippen molar-refractivity contribution in [3.63, 3.8) is 0 Å². The van der Waals surface area contributed by atoms with Crippen LogP contribution in [0, 0.1) is 18.3 Å². The summed E-state index contributed by atoms with van der Waals surface area (Å²) in [4.78, 5) is 56.8. The summed E-state index contributed by atoms with van der Waals surface area (Å²) in [7, 11) is 4.80. The molecule has 9 heteroatoms. The van der Waals surface area contributed by atoms with Crippen LogP contribution >= 0.6 is 0 Å². The standard InChI is InChI=1S/C34H54N4O5/c1-21(2)26(20-23(4)30(40)38-18-14-17-25(38)32(42)43-12)37(11)31(41)28(33(5,6)7)36-29(39)27(35-10)34(8,9)24-16-13-15-22(3)19-24/h13,15-16,19-21,25-28,35H,14,17-18H2,1-12H3,(H,36,39)/b23-20+/t25-,26+,27+,28+/m0/s1. The minimum atomic E-state index is -0.817. The second kappa shape index (κ2) is 14.5. The Hall–Kier alpha value is -3.20. The van der Waals surface area contributed by atoms with Gasteiger partial charge in [0.2, 0.25) is 17.7 Å². The summed E-state index contributed by atoms with van der Waals surface area (Å²) in [5.41, 5.74) is 1.44. The third-order valence-electron chi connectivity index (χ3n) is 8.66. The van der Waals surface area contributed by atoms with E-state index in [1.807, 2.05) is 73.6 Å². The molecule has 0 unspecified atom stereocenters. The molecule has 43 heavy (non-hydrogen) atoms. The fraction of sp³-hybridized carbons (Fsp3) is 0.647. The summed E-state index contributed by atoms with van der Waals surface area (Å²) in [6, 6.07) is 5.68. The van der Waals surface area contributed by atoms with Crippen LogP contribution in [0.15, 0.2) is 35.9 Å². The van der Waals surface area contributed by atoms with Gasteiger partial charge in [-0.05, 0) is 50.6 Å². The molecule has 9 nitrogen and oxygen atoms in total. The Kier molecular flexibility index (Phi) is 12.2. The van der Waals surface area contributed by atoms with E-state index in [2.05, 4.69) is 16.7 Å². The molecule has 1 fully saturated rings. The van der Waals surface area contributed by atoms with Crippen molar-refractivity contribution in [1.82, 2.24) is 20.4 Å². The highest BCUT2D eigenvalue weighted by Crippen LogP contribution is 2.30. The monoisotopic (exact) mass is 598 g/mol. The van der Waals surface area contributed by atoms with Crippen LogP contribution < -0.4 is 10.6 Å². The first-order valence-corrected chi connectivity index (χ1v) is 15.3. The Morgan fingerprint density at radius 1 is 1.09 bits per heavy atom. The molecule has 0 saturated carbocycles. The molecule has 0 spiro atoms. The molecule has 0 aliphatic carbocycles. The number of nitrogens with zero attached hydrogens (tertiary/aromatic N) is 2. The smallest absolute Gasteiger partial charge is 0.328 e. The van der Waals surface area contributed by atoms with Gasteiger partial charge in [-0.15, -0.1) is 0 Å². The van der Waals surface area contributed by atoms with Gasteiger partial charge in [0.15, 0.2) is 0 Å². The Morgan fingerprint density at radius 3 is 2.23 bits per heavy atom. The van der Waals surface area contributed by atoms with Crippen molar-refractivity contribution in [1.29, 1.82) is 0 Å². The minimum Gasteiger partial charge on any atom is -0.467 e. The first kappa shape index (κ1) is 36.0. The van der Waals surface area contributed by atoms with E-state index >= 15 is 0 Å². The van der Waals surface area contributed by atoms with Crippen LogP contribution in [0.2, 0.25) is 0 Å². The normalized spacial score (nSPS) is 18.2. The molecule has 1 aromatic carbocycles. The number of benzene rings is 1. The highest BCUT2D eigenvalue weighted by atomic mass is 16.5. The number of ether oxygens (including phenoxy) is 1. The number of carbonyl (C=O) groups is 4. The molecule has 0 radical (unpaired) electrons. The van der Waals surface area contributed by atoms with Crippen molar-refractivity contribution in [2.45, 2.75) is 105 Å². The molecular weight excluding hydrogens is 544 g/mol. The first-order valence-electron chi connectivity index (χ1n) is 15.3. The molecule has 0 aromatic heterocycles. The molecule has 240 valence electrons. The maximum atomic E-state index is 14.1. The average Bonchev–Trinajstić information content (AvgIpc) is 3.42. The fourth-order valence-corrected chi connectivity index (χ4v) is 5.95. The number of aryl methyl sites for hydroxylation is 1. The van der Waals surface area contributed by atoms with Gasteiger partial charge >= 0.3 is 5.97 Å². The zero-order valence-electron chi connectivity index (χ0n) is 28.3. The molecule has 1 aromatic rings. The molecule has 2 rings (SSSR count). The number of likely N-dealkylation sites (tertiary alicyclic amines) is 1. The van der Waals surface area contributed by atoms with E-state index < -0.39 is 41.0 Å². The van der Waals surface area contributed by atoms with Crippen LogP contribution in [0.1, 0.15) is 79.4 Å². The van der Waals surface area contributed by atoms with Gasteiger partial charge in [-0.3, -0.25) is 14.4 Å². The van der Waals surface area contributed by atoms with Crippen LogP contribution in [-0.4, -0.2) is 85.4 Å². The fourth-order valence-electron chi connectivity index (χ4n) is 5.95. The van der Waals surface area contributed by atoms with Crippen molar-refractivity contribution < 1.29 is 23.9 Å². The molecule has 1 saturated heterocycles. The van der Waals surface area contributed by atoms with Gasteiger partial charge < -0.3 is 25.2 Å². The Morgan fingerprint density at radius 2 is 1.72 bits per heavy atom. The second-order valence-corrected chi connectivity index (χ2v) is 13.8. The predicted octanol–water partition coefficient (Wildman–Crippen LogP) is 3.98. The van der Waals surface area contributed by atoms with Crippen molar-refractivity contribution in [3.05, 3.63) is 47.0 Å². The number of nitrogens with one attached hydrogen (secondary N) is 2. The van der Waals surface area contributed by atoms with Gasteiger partial charge in [-0.1, -0.05) is 84.4 Å². The molecular formula is C34H54N4O5. The molecule has 1 aliphatic heterocycles. The van der Waals surface area contributed by atoms with Crippen molar-refractivity contribution in [2.75, 3.05) is 27.7 Å². The highest BCUT2D eigenvalue weighted by Gasteiger charge is 2.42. The maximum absolute atomic E-state index is 14.1.